The molecular weight excluding hydrogens is 267 g/mol. The molecule has 0 saturated heterocycles. The molecule has 1 N–H and O–H groups in total. The van der Waals surface area contributed by atoms with E-state index in [1.165, 1.54) is 31.2 Å². The van der Waals surface area contributed by atoms with Crippen molar-refractivity contribution in [3.63, 3.8) is 0 Å². The molecule has 2 aliphatic carbocycles. The molecule has 0 amide bonds. The molecule has 0 aliphatic heterocycles. The number of aliphatic hydroxyl groups excluding tert-OH is 1. The first-order chi connectivity index (χ1) is 8.54. The second kappa shape index (κ2) is 4.40. The van der Waals surface area contributed by atoms with Gasteiger partial charge in [0.25, 0.3) is 0 Å². The van der Waals surface area contributed by atoms with Crippen LogP contribution in [-0.4, -0.2) is 5.11 Å². The summed E-state index contributed by atoms with van der Waals surface area (Å²) in [4.78, 5) is 0. The van der Waals surface area contributed by atoms with Gasteiger partial charge in [-0.2, -0.15) is 0 Å². The minimum atomic E-state index is -0.471. The maximum Gasteiger partial charge on any atom is 0.0866 e. The topological polar surface area (TPSA) is 20.2 Å². The molecule has 1 saturated carbocycles. The van der Waals surface area contributed by atoms with E-state index in [0.29, 0.717) is 16.0 Å². The van der Waals surface area contributed by atoms with E-state index in [1.807, 2.05) is 12.1 Å². The van der Waals surface area contributed by atoms with Crippen molar-refractivity contribution < 1.29 is 5.11 Å². The van der Waals surface area contributed by atoms with Gasteiger partial charge < -0.3 is 5.11 Å². The number of aliphatic hydroxyl groups is 1. The smallest absolute Gasteiger partial charge is 0.0866 e. The van der Waals surface area contributed by atoms with Crippen LogP contribution in [-0.2, 0) is 6.42 Å². The third-order valence-corrected chi connectivity index (χ3v) is 5.80. The van der Waals surface area contributed by atoms with Crippen molar-refractivity contribution in [2.45, 2.75) is 45.1 Å². The van der Waals surface area contributed by atoms with Crippen LogP contribution in [0.2, 0.25) is 10.0 Å². The fourth-order valence-corrected chi connectivity index (χ4v) is 4.30. The van der Waals surface area contributed by atoms with Crippen LogP contribution in [0.15, 0.2) is 12.1 Å². The van der Waals surface area contributed by atoms with Gasteiger partial charge in [0.05, 0.1) is 16.1 Å². The van der Waals surface area contributed by atoms with Crippen molar-refractivity contribution in [3.8, 4) is 0 Å². The van der Waals surface area contributed by atoms with E-state index in [2.05, 4.69) is 6.92 Å². The lowest BCUT2D eigenvalue weighted by Crippen LogP contribution is -2.30. The molecule has 0 aromatic heterocycles. The van der Waals surface area contributed by atoms with Gasteiger partial charge in [-0.1, -0.05) is 49.0 Å². The quantitative estimate of drug-likeness (QED) is 0.787. The Kier molecular flexibility index (Phi) is 3.12. The van der Waals surface area contributed by atoms with Crippen molar-refractivity contribution >= 4 is 23.2 Å². The van der Waals surface area contributed by atoms with Gasteiger partial charge in [0.15, 0.2) is 0 Å². The molecule has 0 radical (unpaired) electrons. The maximum atomic E-state index is 10.7. The Morgan fingerprint density at radius 3 is 2.56 bits per heavy atom. The van der Waals surface area contributed by atoms with Crippen LogP contribution in [0.4, 0.5) is 0 Å². The maximum absolute atomic E-state index is 10.7. The molecule has 0 heterocycles. The number of fused-ring (bicyclic) bond motifs is 1. The predicted molar refractivity (Wildman–Crippen MR) is 75.2 cm³/mol. The summed E-state index contributed by atoms with van der Waals surface area (Å²) in [6.45, 7) is 2.21. The molecule has 1 aromatic carbocycles. The lowest BCUT2D eigenvalue weighted by atomic mass is 9.72. The summed E-state index contributed by atoms with van der Waals surface area (Å²) in [6.07, 6.45) is 5.49. The molecule has 3 rings (SSSR count). The Morgan fingerprint density at radius 1 is 1.22 bits per heavy atom. The largest absolute Gasteiger partial charge is 0.388 e. The molecule has 1 nitrogen and oxygen atoms in total. The van der Waals surface area contributed by atoms with E-state index in [0.717, 1.165) is 12.0 Å². The van der Waals surface area contributed by atoms with Crippen LogP contribution in [0.5, 0.6) is 0 Å². The van der Waals surface area contributed by atoms with E-state index < -0.39 is 6.10 Å². The van der Waals surface area contributed by atoms with E-state index in [-0.39, 0.29) is 5.41 Å². The van der Waals surface area contributed by atoms with E-state index in [1.54, 1.807) is 0 Å². The van der Waals surface area contributed by atoms with Gasteiger partial charge in [0.2, 0.25) is 0 Å². The van der Waals surface area contributed by atoms with Crippen molar-refractivity contribution in [3.05, 3.63) is 33.3 Å². The first kappa shape index (κ1) is 12.8. The molecule has 2 aliphatic rings. The Balaban J connectivity index is 2.02. The lowest BCUT2D eigenvalue weighted by Gasteiger charge is -2.35. The zero-order chi connectivity index (χ0) is 12.9. The standard InChI is InChI=1S/C15H18Cl2O/c1-15(10-4-2-3-5-10)8-9-6-7-11(16)13(17)12(9)14(15)18/h6-7,10,14,18H,2-5,8H2,1H3. The molecule has 1 fully saturated rings. The predicted octanol–water partition coefficient (Wildman–Crippen LogP) is 4.78. The van der Waals surface area contributed by atoms with E-state index in [4.69, 9.17) is 23.2 Å². The summed E-state index contributed by atoms with van der Waals surface area (Å²) in [6, 6.07) is 3.86. The summed E-state index contributed by atoms with van der Waals surface area (Å²) in [5.41, 5.74) is 1.98. The van der Waals surface area contributed by atoms with Gasteiger partial charge in [0.1, 0.15) is 0 Å². The first-order valence-corrected chi connectivity index (χ1v) is 7.44. The van der Waals surface area contributed by atoms with E-state index in [9.17, 15) is 5.11 Å². The van der Waals surface area contributed by atoms with Crippen molar-refractivity contribution in [2.75, 3.05) is 0 Å². The van der Waals surface area contributed by atoms with Crippen LogP contribution in [0.1, 0.15) is 49.8 Å². The van der Waals surface area contributed by atoms with Crippen LogP contribution in [0.3, 0.4) is 0 Å². The highest BCUT2D eigenvalue weighted by Crippen LogP contribution is 2.56. The number of rotatable bonds is 1. The number of hydrogen-bond donors (Lipinski definition) is 1. The van der Waals surface area contributed by atoms with Crippen LogP contribution < -0.4 is 0 Å². The zero-order valence-electron chi connectivity index (χ0n) is 10.5. The average molecular weight is 285 g/mol. The van der Waals surface area contributed by atoms with Crippen molar-refractivity contribution in [2.24, 2.45) is 11.3 Å². The Hall–Kier alpha value is -0.240. The third kappa shape index (κ3) is 1.71. The minimum absolute atomic E-state index is 0.0623. The monoisotopic (exact) mass is 284 g/mol. The molecule has 2 atom stereocenters. The number of benzene rings is 1. The summed E-state index contributed by atoms with van der Waals surface area (Å²) in [7, 11) is 0. The highest BCUT2D eigenvalue weighted by atomic mass is 35.5. The Labute approximate surface area is 118 Å². The minimum Gasteiger partial charge on any atom is -0.388 e. The Morgan fingerprint density at radius 2 is 1.89 bits per heavy atom. The third-order valence-electron chi connectivity index (χ3n) is 4.98. The highest BCUT2D eigenvalue weighted by Gasteiger charge is 2.48. The van der Waals surface area contributed by atoms with Crippen molar-refractivity contribution in [1.29, 1.82) is 0 Å². The van der Waals surface area contributed by atoms with Crippen LogP contribution in [0, 0.1) is 11.3 Å². The van der Waals surface area contributed by atoms with Gasteiger partial charge in [-0.25, -0.2) is 0 Å². The molecule has 3 heteroatoms. The van der Waals surface area contributed by atoms with E-state index >= 15 is 0 Å². The summed E-state index contributed by atoms with van der Waals surface area (Å²) >= 11 is 12.3. The Bertz CT molecular complexity index is 480. The molecule has 0 bridgehead atoms. The van der Waals surface area contributed by atoms with Gasteiger partial charge in [-0.05, 0) is 36.8 Å². The number of halogens is 2. The van der Waals surface area contributed by atoms with Crippen molar-refractivity contribution in [1.82, 2.24) is 0 Å². The molecule has 1 aromatic rings. The fraction of sp³-hybridized carbons (Fsp3) is 0.600. The second-order valence-electron chi connectivity index (χ2n) is 6.00. The first-order valence-electron chi connectivity index (χ1n) is 6.69. The van der Waals surface area contributed by atoms with Gasteiger partial charge >= 0.3 is 0 Å². The number of hydrogen-bond acceptors (Lipinski definition) is 1. The van der Waals surface area contributed by atoms with Gasteiger partial charge in [-0.3, -0.25) is 0 Å². The molecular formula is C15H18Cl2O. The molecule has 2 unspecified atom stereocenters. The van der Waals surface area contributed by atoms with Gasteiger partial charge in [-0.15, -0.1) is 0 Å². The molecule has 18 heavy (non-hydrogen) atoms. The normalized spacial score (nSPS) is 31.9. The summed E-state index contributed by atoms with van der Waals surface area (Å²) in [5.74, 6) is 0.606. The summed E-state index contributed by atoms with van der Waals surface area (Å²) < 4.78 is 0. The lowest BCUT2D eigenvalue weighted by molar-refractivity contribution is 0.00786. The fourth-order valence-electron chi connectivity index (χ4n) is 3.85. The zero-order valence-corrected chi connectivity index (χ0v) is 12.1. The highest BCUT2D eigenvalue weighted by molar-refractivity contribution is 6.42. The van der Waals surface area contributed by atoms with Gasteiger partial charge in [0, 0.05) is 11.0 Å². The SMILES string of the molecule is CC1(C2CCCC2)Cc2ccc(Cl)c(Cl)c2C1O. The van der Waals surface area contributed by atoms with Crippen LogP contribution in [0.25, 0.3) is 0 Å². The molecule has 0 spiro atoms. The average Bonchev–Trinajstić information content (AvgIpc) is 2.94. The van der Waals surface area contributed by atoms with Crippen LogP contribution >= 0.6 is 23.2 Å². The summed E-state index contributed by atoms with van der Waals surface area (Å²) in [5, 5.41) is 11.8. The second-order valence-corrected chi connectivity index (χ2v) is 6.79. The molecule has 98 valence electrons.